The summed E-state index contributed by atoms with van der Waals surface area (Å²) in [5, 5.41) is 1.77. The maximum Gasteiger partial charge on any atom is 0.250 e. The van der Waals surface area contributed by atoms with E-state index in [9.17, 15) is 8.42 Å². The molecule has 0 bridgehead atoms. The number of rotatable bonds is 4. The Kier molecular flexibility index (Phi) is 3.73. The quantitative estimate of drug-likeness (QED) is 0.934. The number of hydrogen-bond acceptors (Lipinski definition) is 5. The minimum absolute atomic E-state index is 0.0656. The molecule has 0 saturated carbocycles. The van der Waals surface area contributed by atoms with Gasteiger partial charge in [-0.1, -0.05) is 12.1 Å². The molecule has 0 spiro atoms. The Morgan fingerprint density at radius 1 is 1.30 bits per heavy atom. The van der Waals surface area contributed by atoms with Crippen LogP contribution in [0.3, 0.4) is 0 Å². The second-order valence-electron chi connectivity index (χ2n) is 4.67. The van der Waals surface area contributed by atoms with Crippen LogP contribution in [-0.4, -0.2) is 32.5 Å². The monoisotopic (exact) mass is 309 g/mol. The van der Waals surface area contributed by atoms with Gasteiger partial charge in [-0.15, -0.1) is 11.3 Å². The van der Waals surface area contributed by atoms with Crippen molar-refractivity contribution in [1.82, 2.24) is 9.71 Å². The zero-order valence-corrected chi connectivity index (χ0v) is 12.4. The molecule has 1 aliphatic heterocycles. The summed E-state index contributed by atoms with van der Waals surface area (Å²) >= 11 is 1.23. The van der Waals surface area contributed by atoms with Crippen LogP contribution in [0.5, 0.6) is 0 Å². The fraction of sp³-hybridized carbons (Fsp3) is 0.308. The van der Waals surface area contributed by atoms with Crippen molar-refractivity contribution >= 4 is 27.2 Å². The first-order chi connectivity index (χ1) is 9.65. The van der Waals surface area contributed by atoms with Gasteiger partial charge in [0.25, 0.3) is 0 Å². The highest BCUT2D eigenvalue weighted by molar-refractivity contribution is 7.91. The molecule has 1 saturated heterocycles. The second-order valence-corrected chi connectivity index (χ2v) is 7.56. The average molecular weight is 309 g/mol. The molecule has 3 heterocycles. The van der Waals surface area contributed by atoms with Gasteiger partial charge < -0.3 is 4.90 Å². The molecule has 5 nitrogen and oxygen atoms in total. The molecule has 7 heteroatoms. The standard InChI is InChI=1S/C13H15N3O2S2/c17-20(18,13-5-3-9-19-13)15-11-6-8-16(10-11)12-4-1-2-7-14-12/h1-5,7,9,11,15H,6,8,10H2/t11-/m1/s1. The van der Waals surface area contributed by atoms with E-state index in [0.717, 1.165) is 18.8 Å². The Labute approximate surface area is 122 Å². The van der Waals surface area contributed by atoms with Gasteiger partial charge in [0.2, 0.25) is 10.0 Å². The summed E-state index contributed by atoms with van der Waals surface area (Å²) in [7, 11) is -3.38. The molecule has 0 radical (unpaired) electrons. The van der Waals surface area contributed by atoms with Gasteiger partial charge in [-0.2, -0.15) is 0 Å². The molecule has 1 atom stereocenters. The van der Waals surface area contributed by atoms with Gasteiger partial charge in [-0.25, -0.2) is 18.1 Å². The number of anilines is 1. The maximum atomic E-state index is 12.2. The molecule has 0 aromatic carbocycles. The molecule has 2 aromatic rings. The van der Waals surface area contributed by atoms with Gasteiger partial charge in [0, 0.05) is 25.3 Å². The van der Waals surface area contributed by atoms with E-state index in [4.69, 9.17) is 0 Å². The SMILES string of the molecule is O=S(=O)(N[C@@H]1CCN(c2ccccn2)C1)c1cccs1. The van der Waals surface area contributed by atoms with Crippen molar-refractivity contribution < 1.29 is 8.42 Å². The van der Waals surface area contributed by atoms with Crippen molar-refractivity contribution in [2.45, 2.75) is 16.7 Å². The minimum atomic E-state index is -3.38. The normalized spacial score (nSPS) is 19.4. The summed E-state index contributed by atoms with van der Waals surface area (Å²) in [6.07, 6.45) is 2.54. The molecule has 1 aliphatic rings. The van der Waals surface area contributed by atoms with Gasteiger partial charge in [-0.3, -0.25) is 0 Å². The zero-order valence-electron chi connectivity index (χ0n) is 10.8. The molecule has 0 aliphatic carbocycles. The lowest BCUT2D eigenvalue weighted by Gasteiger charge is -2.17. The summed E-state index contributed by atoms with van der Waals surface area (Å²) in [4.78, 5) is 6.39. The van der Waals surface area contributed by atoms with E-state index in [1.807, 2.05) is 18.2 Å². The van der Waals surface area contributed by atoms with Crippen LogP contribution >= 0.6 is 11.3 Å². The minimum Gasteiger partial charge on any atom is -0.355 e. The van der Waals surface area contributed by atoms with Crippen molar-refractivity contribution in [3.8, 4) is 0 Å². The first kappa shape index (κ1) is 13.5. The Balaban J connectivity index is 1.67. The lowest BCUT2D eigenvalue weighted by Crippen LogP contribution is -2.36. The number of hydrogen-bond donors (Lipinski definition) is 1. The molecule has 0 unspecified atom stereocenters. The van der Waals surface area contributed by atoms with Crippen molar-refractivity contribution in [2.24, 2.45) is 0 Å². The van der Waals surface area contributed by atoms with Crippen LogP contribution in [0.2, 0.25) is 0 Å². The predicted octanol–water partition coefficient (Wildman–Crippen LogP) is 1.70. The summed E-state index contributed by atoms with van der Waals surface area (Å²) in [6.45, 7) is 1.47. The Morgan fingerprint density at radius 3 is 2.90 bits per heavy atom. The van der Waals surface area contributed by atoms with E-state index in [1.54, 1.807) is 23.7 Å². The number of nitrogens with zero attached hydrogens (tertiary/aromatic N) is 2. The van der Waals surface area contributed by atoms with Crippen LogP contribution in [0, 0.1) is 0 Å². The van der Waals surface area contributed by atoms with Gasteiger partial charge in [0.05, 0.1) is 0 Å². The Hall–Kier alpha value is -1.44. The molecular formula is C13H15N3O2S2. The van der Waals surface area contributed by atoms with Crippen molar-refractivity contribution in [2.75, 3.05) is 18.0 Å². The first-order valence-electron chi connectivity index (χ1n) is 6.37. The molecule has 2 aromatic heterocycles. The highest BCUT2D eigenvalue weighted by Gasteiger charge is 2.28. The van der Waals surface area contributed by atoms with Gasteiger partial charge >= 0.3 is 0 Å². The van der Waals surface area contributed by atoms with E-state index in [-0.39, 0.29) is 6.04 Å². The van der Waals surface area contributed by atoms with Crippen LogP contribution < -0.4 is 9.62 Å². The highest BCUT2D eigenvalue weighted by Crippen LogP contribution is 2.20. The third-order valence-electron chi connectivity index (χ3n) is 3.24. The van der Waals surface area contributed by atoms with E-state index in [2.05, 4.69) is 14.6 Å². The predicted molar refractivity (Wildman–Crippen MR) is 79.5 cm³/mol. The number of sulfonamides is 1. The fourth-order valence-electron chi connectivity index (χ4n) is 2.30. The summed E-state index contributed by atoms with van der Waals surface area (Å²) in [5.74, 6) is 0.894. The van der Waals surface area contributed by atoms with Crippen molar-refractivity contribution in [3.63, 3.8) is 0 Å². The lowest BCUT2D eigenvalue weighted by atomic mass is 10.3. The maximum absolute atomic E-state index is 12.2. The van der Waals surface area contributed by atoms with E-state index < -0.39 is 10.0 Å². The third-order valence-corrected chi connectivity index (χ3v) is 6.16. The number of pyridine rings is 1. The molecule has 1 N–H and O–H groups in total. The number of aromatic nitrogens is 1. The highest BCUT2D eigenvalue weighted by atomic mass is 32.2. The van der Waals surface area contributed by atoms with E-state index >= 15 is 0 Å². The number of thiophene rings is 1. The zero-order chi connectivity index (χ0) is 14.0. The van der Waals surface area contributed by atoms with Crippen molar-refractivity contribution in [3.05, 3.63) is 41.9 Å². The molecule has 3 rings (SSSR count). The second kappa shape index (κ2) is 5.51. The Morgan fingerprint density at radius 2 is 2.20 bits per heavy atom. The average Bonchev–Trinajstić information content (AvgIpc) is 3.10. The van der Waals surface area contributed by atoms with Gasteiger partial charge in [-0.05, 0) is 30.0 Å². The van der Waals surface area contributed by atoms with Crippen LogP contribution in [-0.2, 0) is 10.0 Å². The van der Waals surface area contributed by atoms with Crippen molar-refractivity contribution in [1.29, 1.82) is 0 Å². The summed E-state index contributed by atoms with van der Waals surface area (Å²) in [5.41, 5.74) is 0. The lowest BCUT2D eigenvalue weighted by molar-refractivity contribution is 0.563. The molecular weight excluding hydrogens is 294 g/mol. The molecule has 20 heavy (non-hydrogen) atoms. The van der Waals surface area contributed by atoms with Gasteiger partial charge in [0.15, 0.2) is 0 Å². The Bertz CT molecular complexity index is 656. The van der Waals surface area contributed by atoms with Crippen LogP contribution in [0.4, 0.5) is 5.82 Å². The molecule has 1 fully saturated rings. The van der Waals surface area contributed by atoms with Crippen LogP contribution in [0.1, 0.15) is 6.42 Å². The summed E-state index contributed by atoms with van der Waals surface area (Å²) < 4.78 is 27.5. The fourth-order valence-corrected chi connectivity index (χ4v) is 4.57. The largest absolute Gasteiger partial charge is 0.355 e. The third kappa shape index (κ3) is 2.84. The van der Waals surface area contributed by atoms with E-state index in [0.29, 0.717) is 10.8 Å². The van der Waals surface area contributed by atoms with Gasteiger partial charge in [0.1, 0.15) is 10.0 Å². The van der Waals surface area contributed by atoms with Crippen LogP contribution in [0.15, 0.2) is 46.1 Å². The smallest absolute Gasteiger partial charge is 0.250 e. The topological polar surface area (TPSA) is 62.3 Å². The first-order valence-corrected chi connectivity index (χ1v) is 8.73. The van der Waals surface area contributed by atoms with Crippen LogP contribution in [0.25, 0.3) is 0 Å². The molecule has 106 valence electrons. The van der Waals surface area contributed by atoms with E-state index in [1.165, 1.54) is 11.3 Å². The molecule has 0 amide bonds. The number of nitrogens with one attached hydrogen (secondary N) is 1. The summed E-state index contributed by atoms with van der Waals surface area (Å²) in [6, 6.07) is 9.05.